The minimum Gasteiger partial charge on any atom is -0.497 e. The summed E-state index contributed by atoms with van der Waals surface area (Å²) in [5, 5.41) is 0.655. The lowest BCUT2D eigenvalue weighted by atomic mass is 10.2. The van der Waals surface area contributed by atoms with Crippen molar-refractivity contribution in [3.63, 3.8) is 0 Å². The maximum absolute atomic E-state index is 11.9. The largest absolute Gasteiger partial charge is 0.497 e. The standard InChI is InChI=1S/C18H19N3O2S2/c1-12-3-6-14(7-4-12)24-10-9-17(22)20-21-18-19-15-8-5-13(23-2)11-16(15)25-18/h3-8,11H,9-10H2,1-2H3,(H,19,21)(H,20,22). The minimum absolute atomic E-state index is 0.0588. The third-order valence-corrected chi connectivity index (χ3v) is 5.47. The van der Waals surface area contributed by atoms with Crippen LogP contribution in [-0.2, 0) is 4.79 Å². The van der Waals surface area contributed by atoms with Crippen molar-refractivity contribution in [1.82, 2.24) is 10.4 Å². The SMILES string of the molecule is COc1ccc2nc(NNC(=O)CCSc3ccc(C)cc3)sc2c1. The van der Waals surface area contributed by atoms with Crippen LogP contribution in [0.3, 0.4) is 0 Å². The number of hydrogen-bond donors (Lipinski definition) is 2. The zero-order chi connectivity index (χ0) is 17.6. The molecule has 2 N–H and O–H groups in total. The predicted molar refractivity (Wildman–Crippen MR) is 104 cm³/mol. The number of carbonyl (C=O) groups excluding carboxylic acids is 1. The molecule has 130 valence electrons. The number of nitrogens with zero attached hydrogens (tertiary/aromatic N) is 1. The van der Waals surface area contributed by atoms with Gasteiger partial charge in [-0.1, -0.05) is 29.0 Å². The van der Waals surface area contributed by atoms with Gasteiger partial charge >= 0.3 is 0 Å². The molecular formula is C18H19N3O2S2. The van der Waals surface area contributed by atoms with Crippen LogP contribution in [-0.4, -0.2) is 23.8 Å². The molecule has 0 unspecified atom stereocenters. The highest BCUT2D eigenvalue weighted by Crippen LogP contribution is 2.28. The van der Waals surface area contributed by atoms with Gasteiger partial charge in [-0.05, 0) is 37.3 Å². The fourth-order valence-corrected chi connectivity index (χ4v) is 3.87. The van der Waals surface area contributed by atoms with Crippen LogP contribution in [0, 0.1) is 6.92 Å². The number of nitrogens with one attached hydrogen (secondary N) is 2. The molecule has 2 aromatic carbocycles. The van der Waals surface area contributed by atoms with Gasteiger partial charge in [0, 0.05) is 17.1 Å². The summed E-state index contributed by atoms with van der Waals surface area (Å²) >= 11 is 3.14. The number of hydrogen-bond acceptors (Lipinski definition) is 6. The molecule has 0 aliphatic carbocycles. The highest BCUT2D eigenvalue weighted by Gasteiger charge is 2.07. The number of aromatic nitrogens is 1. The summed E-state index contributed by atoms with van der Waals surface area (Å²) in [6.07, 6.45) is 0.435. The maximum atomic E-state index is 11.9. The first kappa shape index (κ1) is 17.6. The van der Waals surface area contributed by atoms with E-state index in [-0.39, 0.29) is 5.91 Å². The molecule has 0 atom stereocenters. The summed E-state index contributed by atoms with van der Waals surface area (Å²) in [4.78, 5) is 17.5. The van der Waals surface area contributed by atoms with Crippen molar-refractivity contribution in [3.8, 4) is 5.75 Å². The topological polar surface area (TPSA) is 63.2 Å². The normalized spacial score (nSPS) is 10.6. The lowest BCUT2D eigenvalue weighted by Gasteiger charge is -2.05. The predicted octanol–water partition coefficient (Wildman–Crippen LogP) is 4.24. The molecule has 0 saturated heterocycles. The van der Waals surface area contributed by atoms with E-state index in [9.17, 15) is 4.79 Å². The molecule has 0 aliphatic heterocycles. The Morgan fingerprint density at radius 2 is 2.04 bits per heavy atom. The Morgan fingerprint density at radius 3 is 2.80 bits per heavy atom. The van der Waals surface area contributed by atoms with Crippen LogP contribution in [0.25, 0.3) is 10.2 Å². The van der Waals surface area contributed by atoms with Gasteiger partial charge in [0.05, 0.1) is 17.3 Å². The number of hydrazine groups is 1. The molecule has 0 bridgehead atoms. The number of methoxy groups -OCH3 is 1. The van der Waals surface area contributed by atoms with Crippen molar-refractivity contribution in [2.24, 2.45) is 0 Å². The highest BCUT2D eigenvalue weighted by atomic mass is 32.2. The third kappa shape index (κ3) is 4.87. The number of aryl methyl sites for hydroxylation is 1. The number of rotatable bonds is 7. The third-order valence-electron chi connectivity index (χ3n) is 3.52. The van der Waals surface area contributed by atoms with E-state index in [1.807, 2.05) is 18.2 Å². The summed E-state index contributed by atoms with van der Waals surface area (Å²) in [5.41, 5.74) is 7.69. The van der Waals surface area contributed by atoms with Crippen molar-refractivity contribution in [2.45, 2.75) is 18.2 Å². The maximum Gasteiger partial charge on any atom is 0.239 e. The van der Waals surface area contributed by atoms with Crippen LogP contribution in [0.2, 0.25) is 0 Å². The lowest BCUT2D eigenvalue weighted by molar-refractivity contribution is -0.120. The molecule has 0 aliphatic rings. The van der Waals surface area contributed by atoms with Crippen molar-refractivity contribution >= 4 is 44.4 Å². The highest BCUT2D eigenvalue weighted by molar-refractivity contribution is 7.99. The number of thioether (sulfide) groups is 1. The molecule has 5 nitrogen and oxygen atoms in total. The molecule has 25 heavy (non-hydrogen) atoms. The van der Waals surface area contributed by atoms with Gasteiger partial charge in [-0.2, -0.15) is 0 Å². The Balaban J connectivity index is 1.46. The van der Waals surface area contributed by atoms with Crippen LogP contribution in [0.1, 0.15) is 12.0 Å². The smallest absolute Gasteiger partial charge is 0.239 e. The van der Waals surface area contributed by atoms with Crippen LogP contribution in [0.15, 0.2) is 47.4 Å². The first-order chi connectivity index (χ1) is 12.1. The summed E-state index contributed by atoms with van der Waals surface area (Å²) in [6, 6.07) is 14.0. The van der Waals surface area contributed by atoms with E-state index >= 15 is 0 Å². The van der Waals surface area contributed by atoms with Crippen LogP contribution in [0.5, 0.6) is 5.75 Å². The zero-order valence-electron chi connectivity index (χ0n) is 14.0. The molecule has 7 heteroatoms. The second kappa shape index (κ2) is 8.22. The van der Waals surface area contributed by atoms with Crippen molar-refractivity contribution in [2.75, 3.05) is 18.3 Å². The van der Waals surface area contributed by atoms with Crippen LogP contribution in [0.4, 0.5) is 5.13 Å². The van der Waals surface area contributed by atoms with E-state index in [1.54, 1.807) is 18.9 Å². The van der Waals surface area contributed by atoms with Gasteiger partial charge in [-0.3, -0.25) is 15.6 Å². The second-order valence-electron chi connectivity index (χ2n) is 5.44. The summed E-state index contributed by atoms with van der Waals surface area (Å²) in [5.74, 6) is 1.46. The van der Waals surface area contributed by atoms with Gasteiger partial charge in [0.25, 0.3) is 0 Å². The van der Waals surface area contributed by atoms with E-state index in [0.29, 0.717) is 11.6 Å². The van der Waals surface area contributed by atoms with Crippen LogP contribution >= 0.6 is 23.1 Å². The Bertz CT molecular complexity index is 862. The molecule has 1 aromatic heterocycles. The first-order valence-corrected chi connectivity index (χ1v) is 9.63. The van der Waals surface area contributed by atoms with Crippen molar-refractivity contribution < 1.29 is 9.53 Å². The average Bonchev–Trinajstić information content (AvgIpc) is 3.03. The second-order valence-corrected chi connectivity index (χ2v) is 7.64. The first-order valence-electron chi connectivity index (χ1n) is 7.83. The van der Waals surface area contributed by atoms with E-state index < -0.39 is 0 Å². The van der Waals surface area contributed by atoms with Crippen molar-refractivity contribution in [3.05, 3.63) is 48.0 Å². The van der Waals surface area contributed by atoms with Gasteiger partial charge in [-0.15, -0.1) is 11.8 Å². The van der Waals surface area contributed by atoms with E-state index in [0.717, 1.165) is 21.7 Å². The summed E-state index contributed by atoms with van der Waals surface area (Å²) < 4.78 is 6.21. The number of thiazole rings is 1. The monoisotopic (exact) mass is 373 g/mol. The van der Waals surface area contributed by atoms with E-state index in [1.165, 1.54) is 21.8 Å². The molecule has 0 spiro atoms. The van der Waals surface area contributed by atoms with Crippen molar-refractivity contribution in [1.29, 1.82) is 0 Å². The Hall–Kier alpha value is -2.25. The Labute approximate surface area is 154 Å². The number of fused-ring (bicyclic) bond motifs is 1. The average molecular weight is 374 g/mol. The molecule has 0 fully saturated rings. The molecule has 1 amide bonds. The quantitative estimate of drug-likeness (QED) is 0.479. The molecule has 3 rings (SSSR count). The number of benzene rings is 2. The Kier molecular flexibility index (Phi) is 5.78. The molecule has 0 saturated carbocycles. The van der Waals surface area contributed by atoms with E-state index in [4.69, 9.17) is 4.74 Å². The van der Waals surface area contributed by atoms with Gasteiger partial charge in [0.2, 0.25) is 11.0 Å². The molecular weight excluding hydrogens is 354 g/mol. The molecule has 0 radical (unpaired) electrons. The lowest BCUT2D eigenvalue weighted by Crippen LogP contribution is -2.29. The number of ether oxygens (including phenoxy) is 1. The van der Waals surface area contributed by atoms with Gasteiger partial charge in [0.15, 0.2) is 0 Å². The fraction of sp³-hybridized carbons (Fsp3) is 0.222. The van der Waals surface area contributed by atoms with Gasteiger partial charge in [0.1, 0.15) is 5.75 Å². The minimum atomic E-state index is -0.0588. The van der Waals surface area contributed by atoms with Crippen LogP contribution < -0.4 is 15.6 Å². The fourth-order valence-electron chi connectivity index (χ4n) is 2.17. The van der Waals surface area contributed by atoms with Gasteiger partial charge in [-0.25, -0.2) is 4.98 Å². The Morgan fingerprint density at radius 1 is 1.24 bits per heavy atom. The molecule has 1 heterocycles. The number of anilines is 1. The number of amides is 1. The summed E-state index contributed by atoms with van der Waals surface area (Å²) in [7, 11) is 1.64. The zero-order valence-corrected chi connectivity index (χ0v) is 15.7. The molecule has 3 aromatic rings. The van der Waals surface area contributed by atoms with E-state index in [2.05, 4.69) is 47.0 Å². The van der Waals surface area contributed by atoms with Gasteiger partial charge < -0.3 is 4.74 Å². The summed E-state index contributed by atoms with van der Waals surface area (Å²) in [6.45, 7) is 2.06. The number of carbonyl (C=O) groups is 1.